The molecule has 0 spiro atoms. The largest absolute Gasteiger partial charge is 0.361 e. The molecule has 0 bridgehead atoms. The molecular formula is C26H26FN3O. The van der Waals surface area contributed by atoms with Crippen LogP contribution in [0.15, 0.2) is 85.1 Å². The van der Waals surface area contributed by atoms with Gasteiger partial charge in [0.1, 0.15) is 5.82 Å². The molecule has 0 aliphatic rings. The second-order valence-electron chi connectivity index (χ2n) is 7.77. The zero-order valence-corrected chi connectivity index (χ0v) is 17.4. The molecule has 158 valence electrons. The minimum Gasteiger partial charge on any atom is -0.361 e. The highest BCUT2D eigenvalue weighted by Gasteiger charge is 2.22. The minimum atomic E-state index is -0.464. The summed E-state index contributed by atoms with van der Waals surface area (Å²) in [6, 6.07) is 23.8. The van der Waals surface area contributed by atoms with Crippen LogP contribution in [0.4, 0.5) is 4.39 Å². The molecule has 0 saturated carbocycles. The van der Waals surface area contributed by atoms with Crippen molar-refractivity contribution in [2.24, 2.45) is 0 Å². The van der Waals surface area contributed by atoms with Crippen molar-refractivity contribution in [2.45, 2.75) is 32.0 Å². The number of nitrogens with one attached hydrogen (secondary N) is 3. The summed E-state index contributed by atoms with van der Waals surface area (Å²) < 4.78 is 13.6. The maximum Gasteiger partial charge on any atom is 0.237 e. The molecule has 4 nitrogen and oxygen atoms in total. The van der Waals surface area contributed by atoms with Crippen LogP contribution in [0, 0.1) is 5.82 Å². The van der Waals surface area contributed by atoms with Crippen LogP contribution in [0.5, 0.6) is 0 Å². The Bertz CT molecular complexity index is 1160. The second kappa shape index (κ2) is 9.58. The minimum absolute atomic E-state index is 0.0852. The van der Waals surface area contributed by atoms with E-state index in [1.165, 1.54) is 12.1 Å². The first-order chi connectivity index (χ1) is 15.1. The van der Waals surface area contributed by atoms with Crippen molar-refractivity contribution < 1.29 is 9.18 Å². The summed E-state index contributed by atoms with van der Waals surface area (Å²) in [4.78, 5) is 16.5. The Morgan fingerprint density at radius 3 is 2.58 bits per heavy atom. The van der Waals surface area contributed by atoms with E-state index < -0.39 is 6.04 Å². The van der Waals surface area contributed by atoms with E-state index in [1.54, 1.807) is 6.07 Å². The van der Waals surface area contributed by atoms with E-state index in [9.17, 15) is 9.18 Å². The van der Waals surface area contributed by atoms with Crippen LogP contribution in [0.25, 0.3) is 10.9 Å². The number of aromatic nitrogens is 1. The van der Waals surface area contributed by atoms with E-state index >= 15 is 0 Å². The Kier molecular flexibility index (Phi) is 6.43. The highest BCUT2D eigenvalue weighted by atomic mass is 19.1. The summed E-state index contributed by atoms with van der Waals surface area (Å²) in [6.07, 6.45) is 2.47. The molecule has 0 saturated heterocycles. The summed E-state index contributed by atoms with van der Waals surface area (Å²) in [5, 5.41) is 7.55. The molecule has 2 atom stereocenters. The van der Waals surface area contributed by atoms with Crippen molar-refractivity contribution >= 4 is 16.8 Å². The molecule has 0 aliphatic carbocycles. The van der Waals surface area contributed by atoms with Gasteiger partial charge in [0, 0.05) is 23.6 Å². The maximum atomic E-state index is 13.6. The predicted octanol–water partition coefficient (Wildman–Crippen LogP) is 4.89. The smallest absolute Gasteiger partial charge is 0.237 e. The number of rotatable bonds is 8. The molecule has 2 unspecified atom stereocenters. The lowest BCUT2D eigenvalue weighted by Crippen LogP contribution is -2.46. The molecule has 3 aromatic carbocycles. The van der Waals surface area contributed by atoms with E-state index in [-0.39, 0.29) is 17.8 Å². The molecule has 0 aliphatic heterocycles. The van der Waals surface area contributed by atoms with E-state index in [4.69, 9.17) is 0 Å². The number of aromatic amines is 1. The average Bonchev–Trinajstić information content (AvgIpc) is 3.20. The van der Waals surface area contributed by atoms with E-state index in [0.717, 1.165) is 27.6 Å². The Balaban J connectivity index is 1.53. The number of para-hydroxylation sites is 1. The van der Waals surface area contributed by atoms with Gasteiger partial charge in [0.05, 0.1) is 12.1 Å². The van der Waals surface area contributed by atoms with Gasteiger partial charge in [-0.05, 0) is 48.2 Å². The first-order valence-corrected chi connectivity index (χ1v) is 10.5. The fourth-order valence-electron chi connectivity index (χ4n) is 3.80. The Hall–Kier alpha value is -3.44. The van der Waals surface area contributed by atoms with Gasteiger partial charge >= 0.3 is 0 Å². The average molecular weight is 416 g/mol. The number of halogens is 1. The van der Waals surface area contributed by atoms with E-state index in [0.29, 0.717) is 13.0 Å². The van der Waals surface area contributed by atoms with Gasteiger partial charge in [-0.15, -0.1) is 0 Å². The number of H-pyrrole nitrogens is 1. The molecule has 1 aromatic heterocycles. The number of hydrogen-bond acceptors (Lipinski definition) is 2. The number of fused-ring (bicyclic) bond motifs is 1. The molecular weight excluding hydrogens is 389 g/mol. The summed E-state index contributed by atoms with van der Waals surface area (Å²) in [5.74, 6) is -0.368. The highest BCUT2D eigenvalue weighted by Crippen LogP contribution is 2.20. The molecule has 4 aromatic rings. The molecule has 0 radical (unpaired) electrons. The SMILES string of the molecule is CC(NC(=O)C(Cc1c[nH]c2ccccc12)NCc1cccc(F)c1)c1ccccc1. The molecule has 5 heteroatoms. The number of amides is 1. The second-order valence-corrected chi connectivity index (χ2v) is 7.77. The number of carbonyl (C=O) groups is 1. The van der Waals surface area contributed by atoms with E-state index in [1.807, 2.05) is 67.7 Å². The van der Waals surface area contributed by atoms with Crippen LogP contribution >= 0.6 is 0 Å². The third kappa shape index (κ3) is 5.19. The maximum absolute atomic E-state index is 13.6. The quantitative estimate of drug-likeness (QED) is 0.384. The Morgan fingerprint density at radius 1 is 1.00 bits per heavy atom. The number of benzene rings is 3. The normalized spacial score (nSPS) is 13.1. The number of hydrogen-bond donors (Lipinski definition) is 3. The first kappa shape index (κ1) is 20.8. The van der Waals surface area contributed by atoms with Crippen LogP contribution in [0.1, 0.15) is 29.7 Å². The van der Waals surface area contributed by atoms with Gasteiger partial charge < -0.3 is 15.6 Å². The Labute approximate surface area is 181 Å². The van der Waals surface area contributed by atoms with Crippen molar-refractivity contribution in [2.75, 3.05) is 0 Å². The lowest BCUT2D eigenvalue weighted by Gasteiger charge is -2.22. The molecule has 4 rings (SSSR count). The fraction of sp³-hybridized carbons (Fsp3) is 0.192. The molecule has 0 fully saturated rings. The standard InChI is InChI=1S/C26H26FN3O/c1-18(20-9-3-2-4-10-20)30-26(31)25(28-16-19-8-7-11-22(27)14-19)15-21-17-29-24-13-6-5-12-23(21)24/h2-14,17-18,25,28-29H,15-16H2,1H3,(H,30,31). The highest BCUT2D eigenvalue weighted by molar-refractivity contribution is 5.86. The van der Waals surface area contributed by atoms with Crippen LogP contribution in [-0.2, 0) is 17.8 Å². The van der Waals surface area contributed by atoms with Crippen LogP contribution < -0.4 is 10.6 Å². The fourth-order valence-corrected chi connectivity index (χ4v) is 3.80. The monoisotopic (exact) mass is 415 g/mol. The third-order valence-corrected chi connectivity index (χ3v) is 5.52. The van der Waals surface area contributed by atoms with Crippen LogP contribution in [0.3, 0.4) is 0 Å². The van der Waals surface area contributed by atoms with Crippen LogP contribution in [0.2, 0.25) is 0 Å². The number of carbonyl (C=O) groups excluding carboxylic acids is 1. The van der Waals surface area contributed by atoms with Gasteiger partial charge in [-0.2, -0.15) is 0 Å². The lowest BCUT2D eigenvalue weighted by atomic mass is 10.0. The van der Waals surface area contributed by atoms with Crippen molar-refractivity contribution in [1.29, 1.82) is 0 Å². The molecule has 1 heterocycles. The summed E-state index contributed by atoms with van der Waals surface area (Å²) in [7, 11) is 0. The van der Waals surface area contributed by atoms with Gasteiger partial charge in [-0.3, -0.25) is 4.79 Å². The molecule has 1 amide bonds. The predicted molar refractivity (Wildman–Crippen MR) is 122 cm³/mol. The zero-order valence-electron chi connectivity index (χ0n) is 17.4. The third-order valence-electron chi connectivity index (χ3n) is 5.52. The Morgan fingerprint density at radius 2 is 1.77 bits per heavy atom. The van der Waals surface area contributed by atoms with E-state index in [2.05, 4.69) is 21.7 Å². The van der Waals surface area contributed by atoms with Gasteiger partial charge in [0.2, 0.25) is 5.91 Å². The molecule has 31 heavy (non-hydrogen) atoms. The molecule has 3 N–H and O–H groups in total. The van der Waals surface area contributed by atoms with Gasteiger partial charge in [-0.1, -0.05) is 60.7 Å². The topological polar surface area (TPSA) is 56.9 Å². The van der Waals surface area contributed by atoms with Crippen molar-refractivity contribution in [3.63, 3.8) is 0 Å². The van der Waals surface area contributed by atoms with Gasteiger partial charge in [0.15, 0.2) is 0 Å². The van der Waals surface area contributed by atoms with Crippen molar-refractivity contribution in [3.05, 3.63) is 108 Å². The van der Waals surface area contributed by atoms with Gasteiger partial charge in [-0.25, -0.2) is 4.39 Å². The lowest BCUT2D eigenvalue weighted by molar-refractivity contribution is -0.123. The van der Waals surface area contributed by atoms with Crippen LogP contribution in [-0.4, -0.2) is 16.9 Å². The first-order valence-electron chi connectivity index (χ1n) is 10.5. The summed E-state index contributed by atoms with van der Waals surface area (Å²) in [5.41, 5.74) is 3.95. The van der Waals surface area contributed by atoms with Crippen molar-refractivity contribution in [1.82, 2.24) is 15.6 Å². The van der Waals surface area contributed by atoms with Gasteiger partial charge in [0.25, 0.3) is 0 Å². The zero-order chi connectivity index (χ0) is 21.6. The van der Waals surface area contributed by atoms with Crippen molar-refractivity contribution in [3.8, 4) is 0 Å². The summed E-state index contributed by atoms with van der Waals surface area (Å²) >= 11 is 0. The summed E-state index contributed by atoms with van der Waals surface area (Å²) in [6.45, 7) is 2.38.